The molecule has 5 atom stereocenters. The van der Waals surface area contributed by atoms with Crippen molar-refractivity contribution in [2.24, 2.45) is 11.7 Å². The maximum Gasteiger partial charge on any atom is 0.326 e. The third kappa shape index (κ3) is 9.64. The number of thiol groups is 1. The lowest BCUT2D eigenvalue weighted by atomic mass is 9.98. The summed E-state index contributed by atoms with van der Waals surface area (Å²) in [6.07, 6.45) is 5.74. The number of H-pyrrole nitrogens is 1. The van der Waals surface area contributed by atoms with Crippen molar-refractivity contribution in [1.29, 1.82) is 0 Å². The number of amides is 3. The SMILES string of the molecule is CCC(C)C(NC(=O)C(Cc1cnc[nH]1)NC(=O)C(CCSC)NC(=O)C(N)CS)C(=O)O. The molecule has 0 radical (unpaired) electrons. The van der Waals surface area contributed by atoms with Crippen molar-refractivity contribution in [2.75, 3.05) is 17.8 Å². The molecule has 0 aliphatic rings. The molecular formula is C20H34N6O5S2. The highest BCUT2D eigenvalue weighted by atomic mass is 32.2. The van der Waals surface area contributed by atoms with E-state index in [2.05, 4.69) is 38.5 Å². The molecule has 11 nitrogen and oxygen atoms in total. The number of carbonyl (C=O) groups is 4. The number of aliphatic carboxylic acids is 1. The number of nitrogens with two attached hydrogens (primary N) is 1. The van der Waals surface area contributed by atoms with Crippen molar-refractivity contribution >= 4 is 48.1 Å². The average Bonchev–Trinajstić information content (AvgIpc) is 3.31. The second-order valence-electron chi connectivity index (χ2n) is 7.68. The van der Waals surface area contributed by atoms with Gasteiger partial charge >= 0.3 is 5.97 Å². The van der Waals surface area contributed by atoms with Gasteiger partial charge in [-0.2, -0.15) is 24.4 Å². The molecule has 0 aromatic carbocycles. The van der Waals surface area contributed by atoms with Crippen LogP contribution in [-0.4, -0.2) is 80.7 Å². The van der Waals surface area contributed by atoms with Crippen LogP contribution in [0.3, 0.4) is 0 Å². The minimum Gasteiger partial charge on any atom is -0.480 e. The number of imidazole rings is 1. The third-order valence-corrected chi connectivity index (χ3v) is 6.20. The highest BCUT2D eigenvalue weighted by Crippen LogP contribution is 2.10. The van der Waals surface area contributed by atoms with Gasteiger partial charge in [-0.05, 0) is 24.3 Å². The Bertz CT molecular complexity index is 779. The molecule has 0 fully saturated rings. The lowest BCUT2D eigenvalue weighted by Gasteiger charge is -2.26. The van der Waals surface area contributed by atoms with E-state index in [0.717, 1.165) is 0 Å². The van der Waals surface area contributed by atoms with E-state index in [1.165, 1.54) is 24.3 Å². The van der Waals surface area contributed by atoms with E-state index in [1.807, 2.05) is 13.2 Å². The molecule has 0 aliphatic carbocycles. The smallest absolute Gasteiger partial charge is 0.326 e. The first-order valence-corrected chi connectivity index (χ1v) is 12.6. The van der Waals surface area contributed by atoms with Gasteiger partial charge in [0.05, 0.1) is 12.4 Å². The molecule has 0 spiro atoms. The first-order valence-electron chi connectivity index (χ1n) is 10.6. The summed E-state index contributed by atoms with van der Waals surface area (Å²) in [4.78, 5) is 56.7. The van der Waals surface area contributed by atoms with Gasteiger partial charge in [-0.3, -0.25) is 14.4 Å². The Labute approximate surface area is 203 Å². The summed E-state index contributed by atoms with van der Waals surface area (Å²) in [5, 5.41) is 17.3. The molecule has 0 bridgehead atoms. The summed E-state index contributed by atoms with van der Waals surface area (Å²) >= 11 is 5.50. The van der Waals surface area contributed by atoms with Crippen LogP contribution in [0.2, 0.25) is 0 Å². The molecule has 5 unspecified atom stereocenters. The molecule has 0 saturated heterocycles. The van der Waals surface area contributed by atoms with Gasteiger partial charge in [0, 0.05) is 24.1 Å². The minimum absolute atomic E-state index is 0.0593. The number of carbonyl (C=O) groups excluding carboxylic acids is 3. The second-order valence-corrected chi connectivity index (χ2v) is 9.03. The predicted molar refractivity (Wildman–Crippen MR) is 130 cm³/mol. The van der Waals surface area contributed by atoms with E-state index in [-0.39, 0.29) is 18.1 Å². The van der Waals surface area contributed by atoms with Crippen molar-refractivity contribution in [2.45, 2.75) is 57.3 Å². The van der Waals surface area contributed by atoms with Crippen LogP contribution in [0.5, 0.6) is 0 Å². The van der Waals surface area contributed by atoms with Gasteiger partial charge < -0.3 is 31.8 Å². The number of aromatic amines is 1. The summed E-state index contributed by atoms with van der Waals surface area (Å²) < 4.78 is 0. The molecule has 0 saturated carbocycles. The zero-order valence-electron chi connectivity index (χ0n) is 19.0. The highest BCUT2D eigenvalue weighted by Gasteiger charge is 2.32. The Morgan fingerprint density at radius 2 is 1.82 bits per heavy atom. The van der Waals surface area contributed by atoms with E-state index in [1.54, 1.807) is 6.92 Å². The molecule has 1 heterocycles. The Kier molecular flexibility index (Phi) is 12.9. The average molecular weight is 503 g/mol. The van der Waals surface area contributed by atoms with Crippen molar-refractivity contribution < 1.29 is 24.3 Å². The van der Waals surface area contributed by atoms with Gasteiger partial charge in [-0.25, -0.2) is 9.78 Å². The highest BCUT2D eigenvalue weighted by molar-refractivity contribution is 7.98. The van der Waals surface area contributed by atoms with Gasteiger partial charge in [0.15, 0.2) is 0 Å². The van der Waals surface area contributed by atoms with Crippen LogP contribution < -0.4 is 21.7 Å². The Balaban J connectivity index is 3.05. The molecular weight excluding hydrogens is 468 g/mol. The molecule has 1 rings (SSSR count). The maximum atomic E-state index is 13.0. The Morgan fingerprint density at radius 1 is 1.18 bits per heavy atom. The summed E-state index contributed by atoms with van der Waals surface area (Å²) in [7, 11) is 0. The van der Waals surface area contributed by atoms with Gasteiger partial charge in [0.1, 0.15) is 18.1 Å². The van der Waals surface area contributed by atoms with Crippen LogP contribution in [0.1, 0.15) is 32.4 Å². The fraction of sp³-hybridized carbons (Fsp3) is 0.650. The van der Waals surface area contributed by atoms with E-state index in [4.69, 9.17) is 5.73 Å². The van der Waals surface area contributed by atoms with E-state index < -0.39 is 47.9 Å². The molecule has 33 heavy (non-hydrogen) atoms. The molecule has 0 aliphatic heterocycles. The lowest BCUT2D eigenvalue weighted by molar-refractivity contribution is -0.143. The molecule has 13 heteroatoms. The normalized spacial score (nSPS) is 15.5. The summed E-state index contributed by atoms with van der Waals surface area (Å²) in [5.74, 6) is -2.52. The molecule has 7 N–H and O–H groups in total. The number of nitrogens with zero attached hydrogens (tertiary/aromatic N) is 1. The fourth-order valence-corrected chi connectivity index (χ4v) is 3.54. The number of aromatic nitrogens is 2. The molecule has 186 valence electrons. The van der Waals surface area contributed by atoms with Crippen molar-refractivity contribution in [3.63, 3.8) is 0 Å². The summed E-state index contributed by atoms with van der Waals surface area (Å²) in [6, 6.07) is -3.99. The standard InChI is InChI=1S/C20H34N6O5S2/c1-4-11(2)16(20(30)31)26-19(29)15(7-12-8-22-10-23-12)25-18(28)14(5-6-33-3)24-17(27)13(21)9-32/h8,10-11,13-16,32H,4-7,9,21H2,1-3H3,(H,22,23)(H,24,27)(H,25,28)(H,26,29)(H,30,31). The van der Waals surface area contributed by atoms with Crippen molar-refractivity contribution in [1.82, 2.24) is 25.9 Å². The quantitative estimate of drug-likeness (QED) is 0.158. The summed E-state index contributed by atoms with van der Waals surface area (Å²) in [6.45, 7) is 3.55. The lowest BCUT2D eigenvalue weighted by Crippen LogP contribution is -2.58. The monoisotopic (exact) mass is 502 g/mol. The van der Waals surface area contributed by atoms with Crippen molar-refractivity contribution in [3.05, 3.63) is 18.2 Å². The van der Waals surface area contributed by atoms with E-state index in [9.17, 15) is 24.3 Å². The van der Waals surface area contributed by atoms with Gasteiger partial charge in [-0.15, -0.1) is 0 Å². The zero-order valence-corrected chi connectivity index (χ0v) is 20.7. The fourth-order valence-electron chi connectivity index (χ4n) is 2.90. The summed E-state index contributed by atoms with van der Waals surface area (Å²) in [5.41, 5.74) is 6.28. The van der Waals surface area contributed by atoms with Gasteiger partial charge in [-0.1, -0.05) is 20.3 Å². The number of nitrogens with one attached hydrogen (secondary N) is 4. The van der Waals surface area contributed by atoms with Crippen LogP contribution in [0.15, 0.2) is 12.5 Å². The topological polar surface area (TPSA) is 179 Å². The maximum absolute atomic E-state index is 13.0. The van der Waals surface area contributed by atoms with Crippen LogP contribution in [0.4, 0.5) is 0 Å². The molecule has 3 amide bonds. The first-order chi connectivity index (χ1) is 15.6. The van der Waals surface area contributed by atoms with Crippen LogP contribution in [0.25, 0.3) is 0 Å². The van der Waals surface area contributed by atoms with Crippen LogP contribution in [-0.2, 0) is 25.6 Å². The predicted octanol–water partition coefficient (Wildman–Crippen LogP) is -0.452. The van der Waals surface area contributed by atoms with E-state index >= 15 is 0 Å². The minimum atomic E-state index is -1.16. The second kappa shape index (κ2) is 14.8. The number of carboxylic acid groups (broad SMARTS) is 1. The number of hydrogen-bond acceptors (Lipinski definition) is 8. The van der Waals surface area contributed by atoms with Gasteiger partial charge in [0.25, 0.3) is 0 Å². The number of thioether (sulfide) groups is 1. The van der Waals surface area contributed by atoms with Crippen LogP contribution in [0, 0.1) is 5.92 Å². The largest absolute Gasteiger partial charge is 0.480 e. The molecule has 1 aromatic heterocycles. The van der Waals surface area contributed by atoms with Crippen LogP contribution >= 0.6 is 24.4 Å². The Morgan fingerprint density at radius 3 is 2.33 bits per heavy atom. The van der Waals surface area contributed by atoms with Gasteiger partial charge in [0.2, 0.25) is 17.7 Å². The van der Waals surface area contributed by atoms with Crippen molar-refractivity contribution in [3.8, 4) is 0 Å². The first kappa shape index (κ1) is 28.8. The third-order valence-electron chi connectivity index (χ3n) is 5.17. The number of hydrogen-bond donors (Lipinski definition) is 7. The number of carboxylic acids is 1. The molecule has 1 aromatic rings. The number of rotatable bonds is 15. The van der Waals surface area contributed by atoms with E-state index in [0.29, 0.717) is 24.3 Å². The Hall–Kier alpha value is -2.25. The zero-order chi connectivity index (χ0) is 25.0.